The Kier molecular flexibility index (Phi) is 3.48. The molecule has 2 heteroatoms. The molecule has 0 N–H and O–H groups in total. The van der Waals surface area contributed by atoms with Gasteiger partial charge < -0.3 is 0 Å². The van der Waals surface area contributed by atoms with Gasteiger partial charge in [-0.2, -0.15) is 0 Å². The van der Waals surface area contributed by atoms with Crippen molar-refractivity contribution in [2.24, 2.45) is 0 Å². The first-order chi connectivity index (χ1) is 5.43. The van der Waals surface area contributed by atoms with Gasteiger partial charge in [0, 0.05) is 4.90 Å². The van der Waals surface area contributed by atoms with Crippen LogP contribution in [0.25, 0.3) is 0 Å². The predicted molar refractivity (Wildman–Crippen MR) is 47.5 cm³/mol. The largest absolute Gasteiger partial charge is 0.299 e. The van der Waals surface area contributed by atoms with Gasteiger partial charge in [0.2, 0.25) is 0 Å². The van der Waals surface area contributed by atoms with Crippen molar-refractivity contribution < 1.29 is 4.79 Å². The summed E-state index contributed by atoms with van der Waals surface area (Å²) in [5.74, 6) is 0. The van der Waals surface area contributed by atoms with Gasteiger partial charge in [0.1, 0.15) is 6.29 Å². The maximum atomic E-state index is 9.89. The van der Waals surface area contributed by atoms with Crippen LogP contribution in [-0.4, -0.2) is 6.29 Å². The molecule has 0 radical (unpaired) electrons. The van der Waals surface area contributed by atoms with Gasteiger partial charge in [0.15, 0.2) is 0 Å². The highest BCUT2D eigenvalue weighted by Gasteiger charge is 1.84. The van der Waals surface area contributed by atoms with Gasteiger partial charge in [-0.1, -0.05) is 30.0 Å². The monoisotopic (exact) mass is 164 g/mol. The normalized spacial score (nSPS) is 10.2. The van der Waals surface area contributed by atoms with Crippen LogP contribution in [-0.2, 0) is 4.79 Å². The van der Waals surface area contributed by atoms with Gasteiger partial charge in [-0.3, -0.25) is 4.79 Å². The summed E-state index contributed by atoms with van der Waals surface area (Å²) in [6.45, 7) is 0. The van der Waals surface area contributed by atoms with Gasteiger partial charge in [0.25, 0.3) is 0 Å². The van der Waals surface area contributed by atoms with Crippen LogP contribution in [0.3, 0.4) is 0 Å². The highest BCUT2D eigenvalue weighted by atomic mass is 32.2. The Bertz CT molecular complexity index is 241. The maximum Gasteiger partial charge on any atom is 0.143 e. The molecule has 0 aromatic heterocycles. The Labute approximate surface area is 70.1 Å². The molecule has 0 saturated carbocycles. The molecule has 0 aliphatic carbocycles. The van der Waals surface area contributed by atoms with Crippen LogP contribution < -0.4 is 0 Å². The molecule has 0 amide bonds. The van der Waals surface area contributed by atoms with Crippen LogP contribution in [0.15, 0.2) is 46.7 Å². The second kappa shape index (κ2) is 4.74. The third-order valence-electron chi connectivity index (χ3n) is 1.10. The number of aldehydes is 1. The fraction of sp³-hybridized carbons (Fsp3) is 0. The van der Waals surface area contributed by atoms with E-state index in [-0.39, 0.29) is 0 Å². The standard InChI is InChI=1S/C9H8OS/c10-7-4-8-11-9-5-2-1-3-6-9/h1-8H/b8-4+. The van der Waals surface area contributed by atoms with Crippen molar-refractivity contribution in [1.82, 2.24) is 0 Å². The molecule has 11 heavy (non-hydrogen) atoms. The second-order valence-electron chi connectivity index (χ2n) is 1.90. The summed E-state index contributed by atoms with van der Waals surface area (Å²) in [6, 6.07) is 9.90. The summed E-state index contributed by atoms with van der Waals surface area (Å²) in [7, 11) is 0. The van der Waals surface area contributed by atoms with Gasteiger partial charge in [-0.25, -0.2) is 0 Å². The zero-order chi connectivity index (χ0) is 7.94. The zero-order valence-electron chi connectivity index (χ0n) is 5.94. The molecule has 0 aliphatic rings. The van der Waals surface area contributed by atoms with Crippen LogP contribution in [0, 0.1) is 0 Å². The van der Waals surface area contributed by atoms with E-state index >= 15 is 0 Å². The first-order valence-corrected chi connectivity index (χ1v) is 4.13. The number of thioether (sulfide) groups is 1. The quantitative estimate of drug-likeness (QED) is 0.388. The molecular formula is C9H8OS. The van der Waals surface area contributed by atoms with E-state index < -0.39 is 0 Å². The molecule has 0 heterocycles. The van der Waals surface area contributed by atoms with E-state index in [2.05, 4.69) is 0 Å². The van der Waals surface area contributed by atoms with Gasteiger partial charge >= 0.3 is 0 Å². The summed E-state index contributed by atoms with van der Waals surface area (Å²) < 4.78 is 0. The lowest BCUT2D eigenvalue weighted by atomic mass is 10.4. The summed E-state index contributed by atoms with van der Waals surface area (Å²) in [6.07, 6.45) is 2.26. The lowest BCUT2D eigenvalue weighted by molar-refractivity contribution is -0.104. The van der Waals surface area contributed by atoms with Crippen molar-refractivity contribution in [3.8, 4) is 0 Å². The molecule has 0 unspecified atom stereocenters. The Hall–Kier alpha value is -1.02. The lowest BCUT2D eigenvalue weighted by Crippen LogP contribution is -1.64. The topological polar surface area (TPSA) is 17.1 Å². The molecule has 0 bridgehead atoms. The van der Waals surface area contributed by atoms with Crippen molar-refractivity contribution in [2.45, 2.75) is 4.90 Å². The molecule has 0 saturated heterocycles. The summed E-state index contributed by atoms with van der Waals surface area (Å²) in [4.78, 5) is 11.0. The molecule has 1 nitrogen and oxygen atoms in total. The minimum absolute atomic E-state index is 0.774. The SMILES string of the molecule is O=C/C=C/Sc1ccccc1. The summed E-state index contributed by atoms with van der Waals surface area (Å²) in [5, 5.41) is 1.77. The number of rotatable bonds is 3. The third kappa shape index (κ3) is 3.05. The molecule has 1 aromatic carbocycles. The Morgan fingerprint density at radius 2 is 1.91 bits per heavy atom. The second-order valence-corrected chi connectivity index (χ2v) is 2.87. The number of carbonyl (C=O) groups is 1. The minimum atomic E-state index is 0.774. The Morgan fingerprint density at radius 1 is 1.18 bits per heavy atom. The molecule has 0 atom stereocenters. The Balaban J connectivity index is 2.51. The van der Waals surface area contributed by atoms with Crippen molar-refractivity contribution >= 4 is 18.0 Å². The first kappa shape index (κ1) is 8.08. The van der Waals surface area contributed by atoms with E-state index in [1.807, 2.05) is 30.3 Å². The number of benzene rings is 1. The van der Waals surface area contributed by atoms with E-state index in [0.717, 1.165) is 11.2 Å². The third-order valence-corrected chi connectivity index (χ3v) is 1.94. The van der Waals surface area contributed by atoms with E-state index in [4.69, 9.17) is 0 Å². The zero-order valence-corrected chi connectivity index (χ0v) is 6.75. The van der Waals surface area contributed by atoms with Crippen molar-refractivity contribution in [2.75, 3.05) is 0 Å². The molecular weight excluding hydrogens is 156 g/mol. The smallest absolute Gasteiger partial charge is 0.143 e. The number of hydrogen-bond donors (Lipinski definition) is 0. The molecule has 1 aromatic rings. The fourth-order valence-corrected chi connectivity index (χ4v) is 1.26. The number of carbonyl (C=O) groups excluding carboxylic acids is 1. The average Bonchev–Trinajstić information content (AvgIpc) is 2.07. The highest BCUT2D eigenvalue weighted by molar-refractivity contribution is 8.02. The molecule has 0 fully saturated rings. The van der Waals surface area contributed by atoms with Gasteiger partial charge in [0.05, 0.1) is 0 Å². The van der Waals surface area contributed by atoms with E-state index in [0.29, 0.717) is 0 Å². The average molecular weight is 164 g/mol. The molecule has 0 aliphatic heterocycles. The van der Waals surface area contributed by atoms with Crippen LogP contribution >= 0.6 is 11.8 Å². The van der Waals surface area contributed by atoms with Crippen LogP contribution in [0.2, 0.25) is 0 Å². The highest BCUT2D eigenvalue weighted by Crippen LogP contribution is 2.17. The Morgan fingerprint density at radius 3 is 2.55 bits per heavy atom. The number of allylic oxidation sites excluding steroid dienone is 1. The van der Waals surface area contributed by atoms with E-state index in [9.17, 15) is 4.79 Å². The number of hydrogen-bond acceptors (Lipinski definition) is 2. The molecule has 56 valence electrons. The van der Waals surface area contributed by atoms with Crippen molar-refractivity contribution in [1.29, 1.82) is 0 Å². The van der Waals surface area contributed by atoms with Crippen molar-refractivity contribution in [3.63, 3.8) is 0 Å². The van der Waals surface area contributed by atoms with E-state index in [1.54, 1.807) is 5.41 Å². The summed E-state index contributed by atoms with van der Waals surface area (Å²) in [5.41, 5.74) is 0. The van der Waals surface area contributed by atoms with Crippen LogP contribution in [0.4, 0.5) is 0 Å². The predicted octanol–water partition coefficient (Wildman–Crippen LogP) is 2.49. The van der Waals surface area contributed by atoms with Gasteiger partial charge in [-0.15, -0.1) is 0 Å². The first-order valence-electron chi connectivity index (χ1n) is 3.25. The van der Waals surface area contributed by atoms with E-state index in [1.165, 1.54) is 17.8 Å². The fourth-order valence-electron chi connectivity index (χ4n) is 0.649. The summed E-state index contributed by atoms with van der Waals surface area (Å²) >= 11 is 1.53. The van der Waals surface area contributed by atoms with Crippen LogP contribution in [0.1, 0.15) is 0 Å². The maximum absolute atomic E-state index is 9.89. The lowest BCUT2D eigenvalue weighted by Gasteiger charge is -1.91. The van der Waals surface area contributed by atoms with Gasteiger partial charge in [-0.05, 0) is 23.6 Å². The molecule has 1 rings (SSSR count). The van der Waals surface area contributed by atoms with Crippen LogP contribution in [0.5, 0.6) is 0 Å². The molecule has 0 spiro atoms. The minimum Gasteiger partial charge on any atom is -0.299 e. The van der Waals surface area contributed by atoms with Crippen molar-refractivity contribution in [3.05, 3.63) is 41.8 Å².